The zero-order valence-electron chi connectivity index (χ0n) is 16.8. The van der Waals surface area contributed by atoms with E-state index in [0.29, 0.717) is 5.69 Å². The molecule has 0 atom stereocenters. The Morgan fingerprint density at radius 1 is 1.00 bits per heavy atom. The molecule has 0 saturated carbocycles. The minimum Gasteiger partial charge on any atom is -0.480 e. The molecule has 3 aromatic rings. The van der Waals surface area contributed by atoms with Crippen LogP contribution in [0.15, 0.2) is 77.7 Å². The van der Waals surface area contributed by atoms with Crippen molar-refractivity contribution in [2.75, 3.05) is 17.1 Å². The van der Waals surface area contributed by atoms with Crippen molar-refractivity contribution < 1.29 is 17.9 Å². The van der Waals surface area contributed by atoms with Crippen molar-refractivity contribution in [3.63, 3.8) is 0 Å². The number of methoxy groups -OCH3 is 1. The first kappa shape index (κ1) is 22.8. The minimum atomic E-state index is -3.86. The predicted molar refractivity (Wildman–Crippen MR) is 126 cm³/mol. The largest absolute Gasteiger partial charge is 0.480 e. The van der Waals surface area contributed by atoms with E-state index in [4.69, 9.17) is 17.0 Å². The van der Waals surface area contributed by atoms with Gasteiger partial charge in [-0.15, -0.1) is 10.2 Å². The van der Waals surface area contributed by atoms with Gasteiger partial charge in [-0.2, -0.15) is 0 Å². The van der Waals surface area contributed by atoms with Gasteiger partial charge < -0.3 is 10.1 Å². The number of carbonyl (C=O) groups excluding carboxylic acids is 1. The SMILES string of the molecule is COc1ccc(NS(=O)(=O)c2ccc(NC(=S)NC(=O)C=Cc3ccccc3)cc2)nn1. The third-order valence-corrected chi connectivity index (χ3v) is 5.55. The molecule has 164 valence electrons. The molecule has 32 heavy (non-hydrogen) atoms. The van der Waals surface area contributed by atoms with Crippen LogP contribution in [0.2, 0.25) is 0 Å². The Labute approximate surface area is 190 Å². The Hall–Kier alpha value is -3.83. The lowest BCUT2D eigenvalue weighted by Gasteiger charge is -2.10. The molecule has 0 aliphatic rings. The maximum atomic E-state index is 12.5. The monoisotopic (exact) mass is 469 g/mol. The van der Waals surface area contributed by atoms with E-state index in [1.54, 1.807) is 6.08 Å². The molecule has 0 aliphatic carbocycles. The van der Waals surface area contributed by atoms with Gasteiger partial charge in [-0.25, -0.2) is 8.42 Å². The van der Waals surface area contributed by atoms with Crippen LogP contribution in [0.3, 0.4) is 0 Å². The average Bonchev–Trinajstić information content (AvgIpc) is 2.79. The molecule has 11 heteroatoms. The molecule has 2 aromatic carbocycles. The number of aromatic nitrogens is 2. The van der Waals surface area contributed by atoms with E-state index >= 15 is 0 Å². The second-order valence-electron chi connectivity index (χ2n) is 6.28. The number of nitrogens with zero attached hydrogens (tertiary/aromatic N) is 2. The van der Waals surface area contributed by atoms with Gasteiger partial charge in [0.2, 0.25) is 11.8 Å². The molecule has 0 radical (unpaired) electrons. The van der Waals surface area contributed by atoms with Crippen LogP contribution >= 0.6 is 12.2 Å². The van der Waals surface area contributed by atoms with Gasteiger partial charge in [0.15, 0.2) is 10.9 Å². The summed E-state index contributed by atoms with van der Waals surface area (Å²) in [5, 5.41) is 12.9. The zero-order valence-corrected chi connectivity index (χ0v) is 18.5. The number of ether oxygens (including phenoxy) is 1. The Morgan fingerprint density at radius 3 is 2.34 bits per heavy atom. The Morgan fingerprint density at radius 2 is 1.72 bits per heavy atom. The fraction of sp³-hybridized carbons (Fsp3) is 0.0476. The van der Waals surface area contributed by atoms with Crippen LogP contribution in [0.4, 0.5) is 11.5 Å². The van der Waals surface area contributed by atoms with Crippen LogP contribution in [0.1, 0.15) is 5.56 Å². The van der Waals surface area contributed by atoms with Gasteiger partial charge in [0.05, 0.1) is 12.0 Å². The van der Waals surface area contributed by atoms with Crippen molar-refractivity contribution in [1.29, 1.82) is 0 Å². The first-order valence-electron chi connectivity index (χ1n) is 9.21. The molecule has 9 nitrogen and oxygen atoms in total. The van der Waals surface area contributed by atoms with Crippen LogP contribution in [-0.2, 0) is 14.8 Å². The number of nitrogens with one attached hydrogen (secondary N) is 3. The third kappa shape index (κ3) is 6.59. The summed E-state index contributed by atoms with van der Waals surface area (Å²) < 4.78 is 32.2. The van der Waals surface area contributed by atoms with Gasteiger partial charge in [0.1, 0.15) is 0 Å². The van der Waals surface area contributed by atoms with Crippen molar-refractivity contribution in [2.45, 2.75) is 4.90 Å². The molecule has 1 heterocycles. The van der Waals surface area contributed by atoms with E-state index < -0.39 is 15.9 Å². The first-order valence-corrected chi connectivity index (χ1v) is 11.1. The second-order valence-corrected chi connectivity index (χ2v) is 8.37. The number of benzene rings is 2. The summed E-state index contributed by atoms with van der Waals surface area (Å²) in [5.41, 5.74) is 1.39. The summed E-state index contributed by atoms with van der Waals surface area (Å²) in [6.07, 6.45) is 3.03. The van der Waals surface area contributed by atoms with Gasteiger partial charge >= 0.3 is 0 Å². The highest BCUT2D eigenvalue weighted by atomic mass is 32.2. The van der Waals surface area contributed by atoms with Crippen LogP contribution in [-0.4, -0.2) is 36.7 Å². The van der Waals surface area contributed by atoms with E-state index in [2.05, 4.69) is 25.6 Å². The quantitative estimate of drug-likeness (QED) is 0.357. The Bertz CT molecular complexity index is 1210. The number of hydrogen-bond acceptors (Lipinski definition) is 7. The van der Waals surface area contributed by atoms with E-state index in [1.807, 2.05) is 30.3 Å². The van der Waals surface area contributed by atoms with Gasteiger partial charge in [0.25, 0.3) is 10.0 Å². The first-order chi connectivity index (χ1) is 15.4. The lowest BCUT2D eigenvalue weighted by Crippen LogP contribution is -2.32. The highest BCUT2D eigenvalue weighted by Gasteiger charge is 2.15. The van der Waals surface area contributed by atoms with E-state index in [1.165, 1.54) is 49.6 Å². The molecule has 0 unspecified atom stereocenters. The smallest absolute Gasteiger partial charge is 0.263 e. The fourth-order valence-corrected chi connectivity index (χ4v) is 3.66. The predicted octanol–water partition coefficient (Wildman–Crippen LogP) is 2.81. The molecule has 3 rings (SSSR count). The molecule has 0 spiro atoms. The van der Waals surface area contributed by atoms with Crippen LogP contribution < -0.4 is 20.1 Å². The molecule has 0 bridgehead atoms. The van der Waals surface area contributed by atoms with Gasteiger partial charge in [-0.05, 0) is 54.2 Å². The summed E-state index contributed by atoms with van der Waals surface area (Å²) in [6.45, 7) is 0. The molecule has 0 saturated heterocycles. The van der Waals surface area contributed by atoms with Crippen LogP contribution in [0, 0.1) is 0 Å². The summed E-state index contributed by atoms with van der Waals surface area (Å²) in [7, 11) is -2.43. The number of amides is 1. The van der Waals surface area contributed by atoms with E-state index in [0.717, 1.165) is 5.56 Å². The number of carbonyl (C=O) groups is 1. The van der Waals surface area contributed by atoms with Crippen molar-refractivity contribution in [1.82, 2.24) is 15.5 Å². The molecule has 0 aliphatic heterocycles. The topological polar surface area (TPSA) is 122 Å². The van der Waals surface area contributed by atoms with E-state index in [9.17, 15) is 13.2 Å². The number of hydrogen-bond donors (Lipinski definition) is 3. The lowest BCUT2D eigenvalue weighted by molar-refractivity contribution is -0.115. The van der Waals surface area contributed by atoms with Gasteiger partial charge in [-0.1, -0.05) is 30.3 Å². The number of rotatable bonds is 7. The molecule has 1 aromatic heterocycles. The fourth-order valence-electron chi connectivity index (χ4n) is 2.45. The maximum absolute atomic E-state index is 12.5. The Balaban J connectivity index is 1.56. The van der Waals surface area contributed by atoms with E-state index in [-0.39, 0.29) is 21.7 Å². The molecule has 3 N–H and O–H groups in total. The Kier molecular flexibility index (Phi) is 7.47. The number of thiocarbonyl (C=S) groups is 1. The summed E-state index contributed by atoms with van der Waals surface area (Å²) in [6, 6.07) is 18.1. The minimum absolute atomic E-state index is 0.0152. The summed E-state index contributed by atoms with van der Waals surface area (Å²) in [4.78, 5) is 12.0. The zero-order chi connectivity index (χ0) is 23.0. The van der Waals surface area contributed by atoms with Crippen molar-refractivity contribution in [3.05, 3.63) is 78.4 Å². The van der Waals surface area contributed by atoms with Crippen LogP contribution in [0.5, 0.6) is 5.88 Å². The van der Waals surface area contributed by atoms with Crippen molar-refractivity contribution >= 4 is 50.8 Å². The number of sulfonamides is 1. The molecule has 0 fully saturated rings. The number of anilines is 2. The third-order valence-electron chi connectivity index (χ3n) is 3.97. The normalized spacial score (nSPS) is 11.0. The standard InChI is InChI=1S/C21H19N5O4S2/c1-30-20-14-12-18(24-25-20)26-32(28,29)17-10-8-16(9-11-17)22-21(31)23-19(27)13-7-15-5-3-2-4-6-15/h2-14H,1H3,(H,24,26)(H2,22,23,27,31). The second kappa shape index (κ2) is 10.5. The maximum Gasteiger partial charge on any atom is 0.263 e. The molecule has 1 amide bonds. The highest BCUT2D eigenvalue weighted by molar-refractivity contribution is 7.92. The highest BCUT2D eigenvalue weighted by Crippen LogP contribution is 2.17. The average molecular weight is 470 g/mol. The van der Waals surface area contributed by atoms with Crippen molar-refractivity contribution in [3.8, 4) is 5.88 Å². The lowest BCUT2D eigenvalue weighted by atomic mass is 10.2. The summed E-state index contributed by atoms with van der Waals surface area (Å²) in [5.74, 6) is -0.0715. The van der Waals surface area contributed by atoms with Gasteiger partial charge in [0, 0.05) is 17.8 Å². The summed E-state index contributed by atoms with van der Waals surface area (Å²) >= 11 is 5.12. The molecular formula is C21H19N5O4S2. The van der Waals surface area contributed by atoms with Crippen molar-refractivity contribution in [2.24, 2.45) is 0 Å². The molecular weight excluding hydrogens is 450 g/mol. The van der Waals surface area contributed by atoms with Crippen LogP contribution in [0.25, 0.3) is 6.08 Å². The van der Waals surface area contributed by atoms with Gasteiger partial charge in [-0.3, -0.25) is 14.8 Å².